The molecule has 0 aromatic heterocycles. The van der Waals surface area contributed by atoms with E-state index in [1.54, 1.807) is 5.56 Å². The van der Waals surface area contributed by atoms with Crippen molar-refractivity contribution in [3.8, 4) is 0 Å². The second kappa shape index (κ2) is 9.28. The molecule has 3 unspecified atom stereocenters. The Hall–Kier alpha value is -2.91. The van der Waals surface area contributed by atoms with Crippen LogP contribution in [0.5, 0.6) is 0 Å². The van der Waals surface area contributed by atoms with Gasteiger partial charge in [0.2, 0.25) is 0 Å². The van der Waals surface area contributed by atoms with E-state index in [0.29, 0.717) is 29.7 Å². The number of nitrogens with two attached hydrogens (primary N) is 1. The molecule has 0 radical (unpaired) electrons. The number of nitrogens with zero attached hydrogens (tertiary/aromatic N) is 1. The molecule has 1 fully saturated rings. The largest absolute Gasteiger partial charge is 0.384 e. The minimum absolute atomic E-state index is 0.120. The molecule has 3 atom stereocenters. The highest BCUT2D eigenvalue weighted by molar-refractivity contribution is 6.01. The summed E-state index contributed by atoms with van der Waals surface area (Å²) in [4.78, 5) is 2.53. The van der Waals surface area contributed by atoms with Crippen LogP contribution in [0.25, 0.3) is 16.8 Å². The summed E-state index contributed by atoms with van der Waals surface area (Å²) in [5.74, 6) is 2.38. The van der Waals surface area contributed by atoms with E-state index in [1.807, 2.05) is 6.07 Å². The van der Waals surface area contributed by atoms with E-state index in [1.165, 1.54) is 39.4 Å². The van der Waals surface area contributed by atoms with E-state index < -0.39 is 0 Å². The molecule has 0 amide bonds. The summed E-state index contributed by atoms with van der Waals surface area (Å²) in [5.41, 5.74) is 13.8. The Morgan fingerprint density at radius 1 is 1.00 bits per heavy atom. The second-order valence-electron chi connectivity index (χ2n) is 11.4. The molecule has 182 valence electrons. The van der Waals surface area contributed by atoms with Crippen molar-refractivity contribution < 1.29 is 0 Å². The summed E-state index contributed by atoms with van der Waals surface area (Å²) < 4.78 is 0. The number of rotatable bonds is 6. The number of nitrogen functional groups attached to an aromatic ring is 1. The minimum atomic E-state index is 0.120. The van der Waals surface area contributed by atoms with E-state index in [0.717, 1.165) is 18.5 Å². The van der Waals surface area contributed by atoms with Crippen LogP contribution < -0.4 is 5.73 Å². The SMILES string of the molecule is CC(C)/C=C/c1cc(C2CC2c2ccc3c(c2)C(C(C)C)N(C)CC3)cc2ccc(C(=N)N)cc12. The van der Waals surface area contributed by atoms with Gasteiger partial charge in [-0.3, -0.25) is 10.3 Å². The number of benzene rings is 3. The Bertz CT molecular complexity index is 1300. The van der Waals surface area contributed by atoms with Gasteiger partial charge in [-0.1, -0.05) is 82.3 Å². The Kier molecular flexibility index (Phi) is 6.31. The van der Waals surface area contributed by atoms with Gasteiger partial charge in [0.05, 0.1) is 0 Å². The van der Waals surface area contributed by atoms with Gasteiger partial charge in [0.1, 0.15) is 5.84 Å². The van der Waals surface area contributed by atoms with E-state index in [-0.39, 0.29) is 5.84 Å². The molecule has 2 aliphatic rings. The molecule has 3 heteroatoms. The molecule has 0 bridgehead atoms. The summed E-state index contributed by atoms with van der Waals surface area (Å²) in [7, 11) is 2.28. The monoisotopic (exact) mass is 465 g/mol. The van der Waals surface area contributed by atoms with Gasteiger partial charge < -0.3 is 5.73 Å². The van der Waals surface area contributed by atoms with Crippen LogP contribution in [0, 0.1) is 17.2 Å². The third-order valence-electron chi connectivity index (χ3n) is 7.96. The summed E-state index contributed by atoms with van der Waals surface area (Å²) in [5, 5.41) is 10.3. The number of hydrogen-bond acceptors (Lipinski definition) is 2. The lowest BCUT2D eigenvalue weighted by molar-refractivity contribution is 0.181. The molecule has 35 heavy (non-hydrogen) atoms. The molecule has 1 aliphatic carbocycles. The Morgan fingerprint density at radius 2 is 1.77 bits per heavy atom. The molecule has 3 aromatic carbocycles. The first kappa shape index (κ1) is 23.8. The number of fused-ring (bicyclic) bond motifs is 2. The molecule has 1 aliphatic heterocycles. The smallest absolute Gasteiger partial charge is 0.122 e. The number of likely N-dealkylation sites (N-methyl/N-ethyl adjacent to an activating group) is 1. The minimum Gasteiger partial charge on any atom is -0.384 e. The van der Waals surface area contributed by atoms with Crippen molar-refractivity contribution in [1.82, 2.24) is 4.90 Å². The van der Waals surface area contributed by atoms with Crippen LogP contribution in [0.1, 0.15) is 85.4 Å². The zero-order chi connectivity index (χ0) is 24.9. The zero-order valence-electron chi connectivity index (χ0n) is 21.8. The van der Waals surface area contributed by atoms with Crippen molar-refractivity contribution >= 4 is 22.7 Å². The topological polar surface area (TPSA) is 53.1 Å². The van der Waals surface area contributed by atoms with Crippen molar-refractivity contribution in [2.75, 3.05) is 13.6 Å². The fourth-order valence-electron chi connectivity index (χ4n) is 6.05. The third-order valence-corrected chi connectivity index (χ3v) is 7.96. The normalized spacial score (nSPS) is 22.3. The van der Waals surface area contributed by atoms with E-state index in [4.69, 9.17) is 11.1 Å². The van der Waals surface area contributed by atoms with E-state index >= 15 is 0 Å². The molecular formula is C32H39N3. The predicted molar refractivity (Wildman–Crippen MR) is 149 cm³/mol. The van der Waals surface area contributed by atoms with E-state index in [2.05, 4.69) is 94.3 Å². The summed E-state index contributed by atoms with van der Waals surface area (Å²) >= 11 is 0. The molecule has 0 spiro atoms. The third kappa shape index (κ3) is 4.67. The van der Waals surface area contributed by atoms with Gasteiger partial charge in [0.15, 0.2) is 0 Å². The maximum atomic E-state index is 7.87. The number of allylic oxidation sites excluding steroid dienone is 1. The molecule has 3 nitrogen and oxygen atoms in total. The fourth-order valence-corrected chi connectivity index (χ4v) is 6.05. The molecule has 3 N–H and O–H groups in total. The van der Waals surface area contributed by atoms with Crippen molar-refractivity contribution in [2.45, 2.75) is 58.4 Å². The molecule has 3 aromatic rings. The fraction of sp³-hybridized carbons (Fsp3) is 0.406. The van der Waals surface area contributed by atoms with Crippen LogP contribution in [0.3, 0.4) is 0 Å². The molecule has 1 heterocycles. The first-order valence-corrected chi connectivity index (χ1v) is 13.2. The van der Waals surface area contributed by atoms with Gasteiger partial charge >= 0.3 is 0 Å². The maximum Gasteiger partial charge on any atom is 0.122 e. The Morgan fingerprint density at radius 3 is 2.49 bits per heavy atom. The Balaban J connectivity index is 1.50. The summed E-state index contributed by atoms with van der Waals surface area (Å²) in [6.07, 6.45) is 6.88. The van der Waals surface area contributed by atoms with Gasteiger partial charge in [-0.2, -0.15) is 0 Å². The van der Waals surface area contributed by atoms with Crippen LogP contribution >= 0.6 is 0 Å². The van der Waals surface area contributed by atoms with Crippen LogP contribution in [-0.4, -0.2) is 24.3 Å². The van der Waals surface area contributed by atoms with Crippen molar-refractivity contribution in [3.05, 3.63) is 88.0 Å². The number of amidine groups is 1. The van der Waals surface area contributed by atoms with Crippen LogP contribution in [0.2, 0.25) is 0 Å². The highest BCUT2D eigenvalue weighted by Gasteiger charge is 2.40. The number of hydrogen-bond donors (Lipinski definition) is 2. The van der Waals surface area contributed by atoms with Gasteiger partial charge in [-0.05, 0) is 88.2 Å². The van der Waals surface area contributed by atoms with Gasteiger partial charge in [0, 0.05) is 18.2 Å². The highest BCUT2D eigenvalue weighted by Crippen LogP contribution is 2.56. The predicted octanol–water partition coefficient (Wildman–Crippen LogP) is 7.25. The summed E-state index contributed by atoms with van der Waals surface area (Å²) in [6, 6.07) is 18.7. The zero-order valence-corrected chi connectivity index (χ0v) is 21.8. The summed E-state index contributed by atoms with van der Waals surface area (Å²) in [6.45, 7) is 10.3. The molecule has 1 saturated carbocycles. The van der Waals surface area contributed by atoms with Gasteiger partial charge in [0.25, 0.3) is 0 Å². The lowest BCUT2D eigenvalue weighted by Crippen LogP contribution is -2.35. The highest BCUT2D eigenvalue weighted by atomic mass is 15.1. The first-order valence-electron chi connectivity index (χ1n) is 13.2. The van der Waals surface area contributed by atoms with Crippen LogP contribution in [0.15, 0.2) is 54.6 Å². The van der Waals surface area contributed by atoms with Crippen molar-refractivity contribution in [1.29, 1.82) is 5.41 Å². The van der Waals surface area contributed by atoms with Crippen molar-refractivity contribution in [3.63, 3.8) is 0 Å². The van der Waals surface area contributed by atoms with Crippen molar-refractivity contribution in [2.24, 2.45) is 17.6 Å². The van der Waals surface area contributed by atoms with Gasteiger partial charge in [-0.25, -0.2) is 0 Å². The quantitative estimate of drug-likeness (QED) is 0.297. The maximum absolute atomic E-state index is 7.87. The van der Waals surface area contributed by atoms with Gasteiger partial charge in [-0.15, -0.1) is 0 Å². The van der Waals surface area contributed by atoms with E-state index in [9.17, 15) is 0 Å². The van der Waals surface area contributed by atoms with Crippen LogP contribution in [-0.2, 0) is 6.42 Å². The molecule has 5 rings (SSSR count). The second-order valence-corrected chi connectivity index (χ2v) is 11.4. The average molecular weight is 466 g/mol. The average Bonchev–Trinajstić information content (AvgIpc) is 3.62. The van der Waals surface area contributed by atoms with Crippen LogP contribution in [0.4, 0.5) is 0 Å². The number of nitrogens with one attached hydrogen (secondary N) is 1. The molecule has 0 saturated heterocycles. The first-order chi connectivity index (χ1) is 16.7. The lowest BCUT2D eigenvalue weighted by Gasteiger charge is -2.37. The lowest BCUT2D eigenvalue weighted by atomic mass is 9.85. The standard InChI is InChI=1S/C32H39N3/c1-19(2)6-7-22-14-26(15-23-10-11-25(32(33)34)17-27(22)23)29-18-28(29)24-9-8-21-12-13-35(5)31(20(3)4)30(21)16-24/h6-11,14-17,19-20,28-29,31H,12-13,18H2,1-5H3,(H3,33,34)/b7-6+. The molecular weight excluding hydrogens is 426 g/mol. The Labute approximate surface area is 210 Å².